The second-order valence-electron chi connectivity index (χ2n) is 6.72. The zero-order valence-corrected chi connectivity index (χ0v) is 18.7. The number of benzene rings is 1. The summed E-state index contributed by atoms with van der Waals surface area (Å²) in [5.74, 6) is -3.96. The first-order valence-corrected chi connectivity index (χ1v) is 9.47. The molecule has 1 aromatic rings. The lowest BCUT2D eigenvalue weighted by Gasteiger charge is -2.28. The molecule has 0 atom stereocenters. The molecule has 0 saturated carbocycles. The van der Waals surface area contributed by atoms with Gasteiger partial charge in [0.15, 0.2) is 6.61 Å². The lowest BCUT2D eigenvalue weighted by atomic mass is 9.85. The minimum atomic E-state index is -1.43. The summed E-state index contributed by atoms with van der Waals surface area (Å²) in [5, 5.41) is 2.87. The van der Waals surface area contributed by atoms with E-state index >= 15 is 0 Å². The van der Waals surface area contributed by atoms with Gasteiger partial charge >= 0.3 is 17.9 Å². The van der Waals surface area contributed by atoms with Gasteiger partial charge in [-0.15, -0.1) is 0 Å². The smallest absolute Gasteiger partial charge is 0.336 e. The van der Waals surface area contributed by atoms with Gasteiger partial charge in [-0.05, 0) is 32.0 Å². The Hall–Kier alpha value is -3.82. The van der Waals surface area contributed by atoms with Gasteiger partial charge in [0, 0.05) is 11.4 Å². The largest absolute Gasteiger partial charge is 0.497 e. The van der Waals surface area contributed by atoms with E-state index < -0.39 is 36.2 Å². The van der Waals surface area contributed by atoms with Crippen LogP contribution >= 0.6 is 0 Å². The molecule has 0 unspecified atom stereocenters. The minimum absolute atomic E-state index is 0.116. The Labute approximate surface area is 185 Å². The number of Topliss-reactive ketones (excluding diaryl/α,β-unsaturated/α-hetero) is 1. The fraction of sp³-hybridized carbons (Fsp3) is 0.364. The number of esters is 3. The van der Waals surface area contributed by atoms with E-state index in [0.717, 1.165) is 14.2 Å². The van der Waals surface area contributed by atoms with Crippen molar-refractivity contribution in [2.24, 2.45) is 5.92 Å². The molecule has 1 aromatic carbocycles. The predicted octanol–water partition coefficient (Wildman–Crippen LogP) is 1.54. The van der Waals surface area contributed by atoms with Gasteiger partial charge in [-0.1, -0.05) is 0 Å². The summed E-state index contributed by atoms with van der Waals surface area (Å²) in [6, 6.07) is 4.61. The summed E-state index contributed by atoms with van der Waals surface area (Å²) in [6.45, 7) is 2.44. The molecular weight excluding hydrogens is 422 g/mol. The third-order valence-corrected chi connectivity index (χ3v) is 4.86. The summed E-state index contributed by atoms with van der Waals surface area (Å²) in [5.41, 5.74) is 0.532. The molecule has 0 aromatic heterocycles. The van der Waals surface area contributed by atoms with Crippen LogP contribution in [-0.4, -0.2) is 58.7 Å². The lowest BCUT2D eigenvalue weighted by Crippen LogP contribution is -2.38. The Morgan fingerprint density at radius 2 is 1.44 bits per heavy atom. The molecule has 10 nitrogen and oxygen atoms in total. The first kappa shape index (κ1) is 24.4. The van der Waals surface area contributed by atoms with Crippen LogP contribution in [0.15, 0.2) is 40.7 Å². The van der Waals surface area contributed by atoms with Gasteiger partial charge in [0.2, 0.25) is 5.78 Å². The van der Waals surface area contributed by atoms with Gasteiger partial charge in [0.25, 0.3) is 0 Å². The molecule has 0 amide bonds. The first-order valence-electron chi connectivity index (χ1n) is 9.47. The molecule has 1 heterocycles. The number of carbonyl (C=O) groups excluding carboxylic acids is 4. The van der Waals surface area contributed by atoms with Gasteiger partial charge in [-0.25, -0.2) is 9.59 Å². The van der Waals surface area contributed by atoms with Crippen molar-refractivity contribution in [3.63, 3.8) is 0 Å². The molecule has 0 aliphatic carbocycles. The van der Waals surface area contributed by atoms with E-state index in [9.17, 15) is 19.2 Å². The summed E-state index contributed by atoms with van der Waals surface area (Å²) in [6.07, 6.45) is 0. The topological polar surface area (TPSA) is 126 Å². The molecule has 1 aliphatic rings. The van der Waals surface area contributed by atoms with Crippen molar-refractivity contribution in [3.05, 3.63) is 46.3 Å². The Balaban J connectivity index is 2.36. The van der Waals surface area contributed by atoms with Gasteiger partial charge < -0.3 is 29.0 Å². The van der Waals surface area contributed by atoms with Crippen molar-refractivity contribution in [3.8, 4) is 11.5 Å². The average molecular weight is 447 g/mol. The number of ketones is 1. The van der Waals surface area contributed by atoms with E-state index in [4.69, 9.17) is 23.7 Å². The number of allylic oxidation sites excluding steroid dienone is 2. The van der Waals surface area contributed by atoms with Crippen molar-refractivity contribution >= 4 is 23.7 Å². The molecule has 2 rings (SSSR count). The highest BCUT2D eigenvalue weighted by Gasteiger charge is 2.42. The number of ether oxygens (including phenoxy) is 5. The van der Waals surface area contributed by atoms with Crippen molar-refractivity contribution in [2.75, 3.05) is 35.0 Å². The van der Waals surface area contributed by atoms with Crippen LogP contribution in [-0.2, 0) is 28.6 Å². The number of nitrogens with one attached hydrogen (secondary N) is 1. The second kappa shape index (κ2) is 10.5. The fourth-order valence-corrected chi connectivity index (χ4v) is 3.32. The first-order chi connectivity index (χ1) is 15.2. The maximum Gasteiger partial charge on any atom is 0.336 e. The van der Waals surface area contributed by atoms with Crippen LogP contribution in [0, 0.1) is 5.92 Å². The quantitative estimate of drug-likeness (QED) is 0.356. The maximum atomic E-state index is 13.0. The summed E-state index contributed by atoms with van der Waals surface area (Å²) in [4.78, 5) is 50.5. The van der Waals surface area contributed by atoms with Crippen molar-refractivity contribution in [1.29, 1.82) is 0 Å². The van der Waals surface area contributed by atoms with Gasteiger partial charge in [-0.3, -0.25) is 9.59 Å². The number of rotatable bonds is 8. The number of dihydropyridines is 1. The van der Waals surface area contributed by atoms with Crippen molar-refractivity contribution in [2.45, 2.75) is 13.8 Å². The fourth-order valence-electron chi connectivity index (χ4n) is 3.32. The van der Waals surface area contributed by atoms with Crippen LogP contribution in [0.2, 0.25) is 0 Å². The Morgan fingerprint density at radius 1 is 0.875 bits per heavy atom. The minimum Gasteiger partial charge on any atom is -0.497 e. The van der Waals surface area contributed by atoms with Crippen LogP contribution in [0.25, 0.3) is 0 Å². The molecule has 0 bridgehead atoms. The number of carbonyl (C=O) groups is 4. The summed E-state index contributed by atoms with van der Waals surface area (Å²) >= 11 is 0. The van der Waals surface area contributed by atoms with Crippen LogP contribution in [0.4, 0.5) is 0 Å². The van der Waals surface area contributed by atoms with E-state index in [-0.39, 0.29) is 22.5 Å². The van der Waals surface area contributed by atoms with Crippen molar-refractivity contribution < 1.29 is 42.9 Å². The monoisotopic (exact) mass is 447 g/mol. The Morgan fingerprint density at radius 3 is 1.91 bits per heavy atom. The summed E-state index contributed by atoms with van der Waals surface area (Å²) in [7, 11) is 5.13. The third kappa shape index (κ3) is 4.90. The molecule has 32 heavy (non-hydrogen) atoms. The van der Waals surface area contributed by atoms with E-state index in [1.165, 1.54) is 20.3 Å². The zero-order chi connectivity index (χ0) is 24.0. The Kier molecular flexibility index (Phi) is 8.00. The molecule has 172 valence electrons. The average Bonchev–Trinajstić information content (AvgIpc) is 2.80. The summed E-state index contributed by atoms with van der Waals surface area (Å²) < 4.78 is 25.1. The van der Waals surface area contributed by atoms with E-state index in [2.05, 4.69) is 5.32 Å². The predicted molar refractivity (Wildman–Crippen MR) is 111 cm³/mol. The van der Waals surface area contributed by atoms with Crippen LogP contribution < -0.4 is 14.8 Å². The number of hydrogen-bond donors (Lipinski definition) is 1. The molecular formula is C22H25NO9. The van der Waals surface area contributed by atoms with Crippen molar-refractivity contribution in [1.82, 2.24) is 5.32 Å². The highest BCUT2D eigenvalue weighted by molar-refractivity contribution is 6.06. The van der Waals surface area contributed by atoms with E-state index in [0.29, 0.717) is 17.1 Å². The van der Waals surface area contributed by atoms with Gasteiger partial charge in [0.05, 0.1) is 45.1 Å². The molecule has 10 heteroatoms. The van der Waals surface area contributed by atoms with Crippen LogP contribution in [0.3, 0.4) is 0 Å². The molecule has 0 fully saturated rings. The molecule has 1 N–H and O–H groups in total. The van der Waals surface area contributed by atoms with Gasteiger partial charge in [0.1, 0.15) is 17.4 Å². The number of methoxy groups -OCH3 is 4. The molecule has 0 saturated heterocycles. The van der Waals surface area contributed by atoms with E-state index in [1.54, 1.807) is 26.0 Å². The Bertz CT molecular complexity index is 969. The SMILES string of the molecule is COC(=O)C1=C(C)NC(C)=C(C(=O)OC)C1C(=O)OCC(=O)c1cc(OC)ccc1OC. The highest BCUT2D eigenvalue weighted by atomic mass is 16.5. The molecule has 1 aliphatic heterocycles. The normalized spacial score (nSPS) is 13.8. The lowest BCUT2D eigenvalue weighted by molar-refractivity contribution is -0.150. The van der Waals surface area contributed by atoms with Crippen LogP contribution in [0.5, 0.6) is 11.5 Å². The standard InChI is InChI=1S/C22H25NO9/c1-11-17(20(25)30-5)19(18(12(2)23-11)21(26)31-6)22(27)32-10-15(24)14-9-13(28-3)7-8-16(14)29-4/h7-9,19,23H,10H2,1-6H3. The zero-order valence-electron chi connectivity index (χ0n) is 18.7. The van der Waals surface area contributed by atoms with Crippen LogP contribution in [0.1, 0.15) is 24.2 Å². The maximum absolute atomic E-state index is 13.0. The molecule has 0 radical (unpaired) electrons. The van der Waals surface area contributed by atoms with Gasteiger partial charge in [-0.2, -0.15) is 0 Å². The number of hydrogen-bond acceptors (Lipinski definition) is 10. The molecule has 0 spiro atoms. The third-order valence-electron chi connectivity index (χ3n) is 4.86. The second-order valence-corrected chi connectivity index (χ2v) is 6.72. The van der Waals surface area contributed by atoms with E-state index in [1.807, 2.05) is 0 Å². The highest BCUT2D eigenvalue weighted by Crippen LogP contribution is 2.32.